The highest BCUT2D eigenvalue weighted by molar-refractivity contribution is 6.39. The van der Waals surface area contributed by atoms with Gasteiger partial charge < -0.3 is 14.2 Å². The Morgan fingerprint density at radius 2 is 1.53 bits per heavy atom. The van der Waals surface area contributed by atoms with Crippen LogP contribution in [0, 0.1) is 5.82 Å². The fraction of sp³-hybridized carbons (Fsp3) is 0.139. The highest BCUT2D eigenvalue weighted by atomic mass is 19.1. The molecule has 1 N–H and O–H groups in total. The minimum absolute atomic E-state index is 0.166. The molecule has 9 heteroatoms. The number of amides is 4. The Hall–Kier alpha value is -5.70. The summed E-state index contributed by atoms with van der Waals surface area (Å²) in [5.41, 5.74) is 2.99. The minimum Gasteiger partial charge on any atom is -0.490 e. The van der Waals surface area contributed by atoms with E-state index in [2.05, 4.69) is 11.9 Å². The number of halogens is 1. The van der Waals surface area contributed by atoms with E-state index >= 15 is 0 Å². The number of ether oxygens (including phenoxy) is 3. The number of hydrogen-bond donors (Lipinski definition) is 1. The number of urea groups is 1. The molecule has 0 bridgehead atoms. The molecule has 0 aliphatic carbocycles. The lowest BCUT2D eigenvalue weighted by atomic mass is 10.0. The van der Waals surface area contributed by atoms with Gasteiger partial charge in [-0.25, -0.2) is 14.1 Å². The molecule has 228 valence electrons. The number of hydrogen-bond acceptors (Lipinski definition) is 6. The van der Waals surface area contributed by atoms with E-state index in [0.29, 0.717) is 48.0 Å². The quantitative estimate of drug-likeness (QED) is 0.109. The van der Waals surface area contributed by atoms with Crippen molar-refractivity contribution in [3.05, 3.63) is 137 Å². The summed E-state index contributed by atoms with van der Waals surface area (Å²) in [4.78, 5) is 40.1. The summed E-state index contributed by atoms with van der Waals surface area (Å²) in [6.07, 6.45) is 3.51. The average molecular weight is 607 g/mol. The highest BCUT2D eigenvalue weighted by Crippen LogP contribution is 2.36. The van der Waals surface area contributed by atoms with Gasteiger partial charge in [-0.1, -0.05) is 48.5 Å². The van der Waals surface area contributed by atoms with Crippen LogP contribution in [0.15, 0.2) is 109 Å². The maximum atomic E-state index is 13.6. The molecule has 0 radical (unpaired) electrons. The van der Waals surface area contributed by atoms with Gasteiger partial charge >= 0.3 is 6.03 Å². The first kappa shape index (κ1) is 30.7. The smallest absolute Gasteiger partial charge is 0.335 e. The Morgan fingerprint density at radius 3 is 2.22 bits per heavy atom. The summed E-state index contributed by atoms with van der Waals surface area (Å²) in [6.45, 7) is 6.50. The molecule has 0 atom stereocenters. The third kappa shape index (κ3) is 7.45. The highest BCUT2D eigenvalue weighted by Gasteiger charge is 2.37. The van der Waals surface area contributed by atoms with E-state index < -0.39 is 17.8 Å². The number of allylic oxidation sites excluding steroid dienone is 1. The van der Waals surface area contributed by atoms with Crippen LogP contribution >= 0.6 is 0 Å². The summed E-state index contributed by atoms with van der Waals surface area (Å²) >= 11 is 0. The lowest BCUT2D eigenvalue weighted by molar-refractivity contribution is -0.122. The van der Waals surface area contributed by atoms with Crippen molar-refractivity contribution in [2.75, 3.05) is 11.5 Å². The summed E-state index contributed by atoms with van der Waals surface area (Å²) in [5.74, 6) is -0.516. The molecule has 5 rings (SSSR count). The lowest BCUT2D eigenvalue weighted by Gasteiger charge is -2.26. The van der Waals surface area contributed by atoms with E-state index in [0.717, 1.165) is 16.0 Å². The van der Waals surface area contributed by atoms with Crippen LogP contribution in [-0.4, -0.2) is 24.5 Å². The first-order valence-corrected chi connectivity index (χ1v) is 14.3. The van der Waals surface area contributed by atoms with Crippen molar-refractivity contribution >= 4 is 29.6 Å². The van der Waals surface area contributed by atoms with Crippen molar-refractivity contribution in [3.63, 3.8) is 0 Å². The van der Waals surface area contributed by atoms with Gasteiger partial charge in [0.1, 0.15) is 30.4 Å². The van der Waals surface area contributed by atoms with Crippen LogP contribution in [0.1, 0.15) is 29.2 Å². The van der Waals surface area contributed by atoms with Gasteiger partial charge in [-0.2, -0.15) is 0 Å². The Labute approximate surface area is 260 Å². The molecular weight excluding hydrogens is 575 g/mol. The van der Waals surface area contributed by atoms with Gasteiger partial charge in [0.25, 0.3) is 11.8 Å². The number of barbiturate groups is 1. The molecule has 4 aromatic rings. The predicted molar refractivity (Wildman–Crippen MR) is 168 cm³/mol. The molecule has 8 nitrogen and oxygen atoms in total. The third-order valence-electron chi connectivity index (χ3n) is 6.87. The SMILES string of the molecule is C=CCc1cc(/C=C2\C(=O)NC(=O)N(c3ccc(OCc4ccccc4)cc3)C2=O)cc(OCC)c1OCc1ccc(F)cc1. The molecule has 1 saturated heterocycles. The van der Waals surface area contributed by atoms with E-state index in [1.165, 1.54) is 18.2 Å². The van der Waals surface area contributed by atoms with Crippen LogP contribution in [0.4, 0.5) is 14.9 Å². The van der Waals surface area contributed by atoms with Crippen molar-refractivity contribution < 1.29 is 33.0 Å². The number of carbonyl (C=O) groups is 3. The zero-order valence-corrected chi connectivity index (χ0v) is 24.6. The molecule has 0 unspecified atom stereocenters. The molecule has 1 heterocycles. The van der Waals surface area contributed by atoms with Gasteiger partial charge in [0.15, 0.2) is 11.5 Å². The number of nitrogens with one attached hydrogen (secondary N) is 1. The maximum absolute atomic E-state index is 13.6. The maximum Gasteiger partial charge on any atom is 0.335 e. The molecule has 4 amide bonds. The summed E-state index contributed by atoms with van der Waals surface area (Å²) in [5, 5.41) is 2.25. The van der Waals surface area contributed by atoms with E-state index in [4.69, 9.17) is 14.2 Å². The van der Waals surface area contributed by atoms with Gasteiger partial charge in [-0.05, 0) is 84.6 Å². The second kappa shape index (κ2) is 14.2. The van der Waals surface area contributed by atoms with Crippen molar-refractivity contribution in [2.24, 2.45) is 0 Å². The van der Waals surface area contributed by atoms with Crippen molar-refractivity contribution in [3.8, 4) is 17.2 Å². The number of anilines is 1. The van der Waals surface area contributed by atoms with Gasteiger partial charge in [-0.3, -0.25) is 14.9 Å². The Bertz CT molecular complexity index is 1730. The number of carbonyl (C=O) groups excluding carboxylic acids is 3. The lowest BCUT2D eigenvalue weighted by Crippen LogP contribution is -2.54. The number of benzene rings is 4. The summed E-state index contributed by atoms with van der Waals surface area (Å²) in [6, 6.07) is 24.7. The average Bonchev–Trinajstić information content (AvgIpc) is 3.04. The van der Waals surface area contributed by atoms with Crippen LogP contribution in [0.3, 0.4) is 0 Å². The first-order chi connectivity index (χ1) is 21.9. The number of rotatable bonds is 12. The standard InChI is InChI=1S/C36H31FN2O6/c1-3-8-27-19-26(21-32(43-4-2)33(27)45-23-25-11-13-28(37)14-12-25)20-31-34(40)38-36(42)39(35(31)41)29-15-17-30(18-16-29)44-22-24-9-6-5-7-10-24/h3,5-7,9-21H,1,4,8,22-23H2,2H3,(H,38,40,42)/b31-20+. The van der Waals surface area contributed by atoms with Crippen LogP contribution in [0.2, 0.25) is 0 Å². The monoisotopic (exact) mass is 606 g/mol. The number of imide groups is 2. The Kier molecular flexibility index (Phi) is 9.69. The van der Waals surface area contributed by atoms with Crippen molar-refractivity contribution in [1.82, 2.24) is 5.32 Å². The molecule has 1 fully saturated rings. The van der Waals surface area contributed by atoms with E-state index in [1.807, 2.05) is 37.3 Å². The largest absolute Gasteiger partial charge is 0.490 e. The molecule has 0 spiro atoms. The van der Waals surface area contributed by atoms with E-state index in [9.17, 15) is 18.8 Å². The second-order valence-electron chi connectivity index (χ2n) is 10.1. The van der Waals surface area contributed by atoms with Crippen LogP contribution in [-0.2, 0) is 29.2 Å². The zero-order chi connectivity index (χ0) is 31.8. The molecule has 1 aliphatic heterocycles. The van der Waals surface area contributed by atoms with Gasteiger partial charge in [-0.15, -0.1) is 6.58 Å². The van der Waals surface area contributed by atoms with Crippen LogP contribution in [0.5, 0.6) is 17.2 Å². The van der Waals surface area contributed by atoms with E-state index in [1.54, 1.807) is 54.6 Å². The molecule has 4 aromatic carbocycles. The van der Waals surface area contributed by atoms with Crippen LogP contribution in [0.25, 0.3) is 6.08 Å². The fourth-order valence-electron chi connectivity index (χ4n) is 4.73. The van der Waals surface area contributed by atoms with Gasteiger partial charge in [0.2, 0.25) is 0 Å². The molecule has 0 saturated carbocycles. The predicted octanol–water partition coefficient (Wildman–Crippen LogP) is 6.78. The summed E-state index contributed by atoms with van der Waals surface area (Å²) < 4.78 is 31.1. The molecule has 0 aromatic heterocycles. The minimum atomic E-state index is -0.855. The number of nitrogens with zero attached hydrogens (tertiary/aromatic N) is 1. The van der Waals surface area contributed by atoms with Gasteiger partial charge in [0.05, 0.1) is 12.3 Å². The zero-order valence-electron chi connectivity index (χ0n) is 24.6. The van der Waals surface area contributed by atoms with E-state index in [-0.39, 0.29) is 23.7 Å². The first-order valence-electron chi connectivity index (χ1n) is 14.3. The summed E-state index contributed by atoms with van der Waals surface area (Å²) in [7, 11) is 0. The molecular formula is C36H31FN2O6. The topological polar surface area (TPSA) is 94.2 Å². The second-order valence-corrected chi connectivity index (χ2v) is 10.1. The van der Waals surface area contributed by atoms with Gasteiger partial charge in [0, 0.05) is 5.56 Å². The van der Waals surface area contributed by atoms with Crippen molar-refractivity contribution in [1.29, 1.82) is 0 Å². The molecule has 1 aliphatic rings. The normalized spacial score (nSPS) is 13.9. The Morgan fingerprint density at radius 1 is 0.844 bits per heavy atom. The molecule has 45 heavy (non-hydrogen) atoms. The third-order valence-corrected chi connectivity index (χ3v) is 6.87. The fourth-order valence-corrected chi connectivity index (χ4v) is 4.73. The van der Waals surface area contributed by atoms with Crippen molar-refractivity contribution in [2.45, 2.75) is 26.6 Å². The van der Waals surface area contributed by atoms with Crippen LogP contribution < -0.4 is 24.4 Å². The Balaban J connectivity index is 1.40.